The molecule has 0 aliphatic rings. The van der Waals surface area contributed by atoms with Crippen molar-refractivity contribution in [3.63, 3.8) is 0 Å². The molecule has 1 aromatic carbocycles. The van der Waals surface area contributed by atoms with Crippen LogP contribution in [-0.2, 0) is 0 Å². The number of rotatable bonds is 2. The van der Waals surface area contributed by atoms with Crippen LogP contribution in [0.15, 0.2) is 47.2 Å². The van der Waals surface area contributed by atoms with E-state index in [0.717, 1.165) is 26.8 Å². The average Bonchev–Trinajstić information content (AvgIpc) is 2.47. The third-order valence-corrected chi connectivity index (χ3v) is 3.45. The number of pyridine rings is 1. The summed E-state index contributed by atoms with van der Waals surface area (Å²) in [4.78, 5) is 13.2. The van der Waals surface area contributed by atoms with Gasteiger partial charge in [0.05, 0.1) is 4.47 Å². The van der Waals surface area contributed by atoms with E-state index in [1.165, 1.54) is 0 Å². The van der Waals surface area contributed by atoms with Crippen molar-refractivity contribution in [3.05, 3.63) is 47.2 Å². The van der Waals surface area contributed by atoms with E-state index in [1.54, 1.807) is 12.4 Å². The van der Waals surface area contributed by atoms with Crippen LogP contribution in [0, 0.1) is 0 Å². The molecule has 3 rings (SSSR count). The van der Waals surface area contributed by atoms with Gasteiger partial charge in [-0.05, 0) is 27.4 Å². The molecule has 0 amide bonds. The maximum absolute atomic E-state index is 4.48. The van der Waals surface area contributed by atoms with Gasteiger partial charge >= 0.3 is 0 Å². The largest absolute Gasteiger partial charge is 0.372 e. The minimum absolute atomic E-state index is 0.615. The van der Waals surface area contributed by atoms with Crippen molar-refractivity contribution in [2.75, 3.05) is 12.4 Å². The van der Waals surface area contributed by atoms with Gasteiger partial charge in [0.25, 0.3) is 0 Å². The van der Waals surface area contributed by atoms with Crippen LogP contribution in [0.5, 0.6) is 0 Å². The van der Waals surface area contributed by atoms with Crippen LogP contribution in [0.3, 0.4) is 0 Å². The number of fused-ring (bicyclic) bond motifs is 1. The molecule has 1 N–H and O–H groups in total. The summed E-state index contributed by atoms with van der Waals surface area (Å²) in [6.45, 7) is 0. The number of anilines is 1. The normalized spacial score (nSPS) is 10.6. The Labute approximate surface area is 119 Å². The molecule has 0 unspecified atom stereocenters. The molecule has 0 saturated heterocycles. The lowest BCUT2D eigenvalue weighted by Crippen LogP contribution is -1.99. The van der Waals surface area contributed by atoms with Crippen molar-refractivity contribution < 1.29 is 0 Å². The molecule has 0 radical (unpaired) electrons. The Hall–Kier alpha value is -2.01. The predicted octanol–water partition coefficient (Wildman–Crippen LogP) is 3.50. The van der Waals surface area contributed by atoms with E-state index in [-0.39, 0.29) is 0 Å². The second kappa shape index (κ2) is 4.93. The summed E-state index contributed by atoms with van der Waals surface area (Å²) in [6, 6.07) is 10.1. The molecular formula is C14H11BrN4. The minimum Gasteiger partial charge on any atom is -0.372 e. The van der Waals surface area contributed by atoms with E-state index < -0.39 is 0 Å². The number of hydrogen-bond donors (Lipinski definition) is 1. The van der Waals surface area contributed by atoms with E-state index >= 15 is 0 Å². The highest BCUT2D eigenvalue weighted by Crippen LogP contribution is 2.26. The Morgan fingerprint density at radius 3 is 2.79 bits per heavy atom. The third-order valence-electron chi connectivity index (χ3n) is 2.87. The van der Waals surface area contributed by atoms with Gasteiger partial charge in [-0.2, -0.15) is 0 Å². The first kappa shape index (κ1) is 12.0. The zero-order valence-corrected chi connectivity index (χ0v) is 11.8. The fraction of sp³-hybridized carbons (Fsp3) is 0.0714. The van der Waals surface area contributed by atoms with Crippen LogP contribution >= 0.6 is 15.9 Å². The highest BCUT2D eigenvalue weighted by Gasteiger charge is 2.10. The molecule has 0 fully saturated rings. The van der Waals surface area contributed by atoms with Crippen LogP contribution < -0.4 is 5.32 Å². The lowest BCUT2D eigenvalue weighted by atomic mass is 10.1. The fourth-order valence-electron chi connectivity index (χ4n) is 1.95. The second-order valence-electron chi connectivity index (χ2n) is 4.02. The molecule has 19 heavy (non-hydrogen) atoms. The van der Waals surface area contributed by atoms with E-state index in [0.29, 0.717) is 5.82 Å². The summed E-state index contributed by atoms with van der Waals surface area (Å²) >= 11 is 3.40. The first-order chi connectivity index (χ1) is 9.29. The minimum atomic E-state index is 0.615. The molecule has 0 aliphatic carbocycles. The van der Waals surface area contributed by atoms with Gasteiger partial charge in [-0.1, -0.05) is 24.3 Å². The Balaban J connectivity index is 2.24. The Bertz CT molecular complexity index is 737. The van der Waals surface area contributed by atoms with Crippen molar-refractivity contribution >= 4 is 32.5 Å². The molecule has 5 heteroatoms. The van der Waals surface area contributed by atoms with Gasteiger partial charge in [-0.15, -0.1) is 0 Å². The van der Waals surface area contributed by atoms with E-state index in [4.69, 9.17) is 0 Å². The Kier molecular flexibility index (Phi) is 3.13. The van der Waals surface area contributed by atoms with Crippen LogP contribution in [0.1, 0.15) is 0 Å². The number of nitrogens with zero attached hydrogens (tertiary/aromatic N) is 3. The van der Waals surface area contributed by atoms with Crippen molar-refractivity contribution in [1.29, 1.82) is 0 Å². The monoisotopic (exact) mass is 314 g/mol. The molecule has 0 aliphatic heterocycles. The predicted molar refractivity (Wildman–Crippen MR) is 80.0 cm³/mol. The molecule has 4 nitrogen and oxygen atoms in total. The number of hydrogen-bond acceptors (Lipinski definition) is 4. The maximum Gasteiger partial charge on any atom is 0.180 e. The van der Waals surface area contributed by atoms with Gasteiger partial charge in [0.2, 0.25) is 0 Å². The fourth-order valence-corrected chi connectivity index (χ4v) is 2.34. The number of halogens is 1. The lowest BCUT2D eigenvalue weighted by Gasteiger charge is -2.07. The van der Waals surface area contributed by atoms with E-state index in [1.807, 2.05) is 31.3 Å². The van der Waals surface area contributed by atoms with E-state index in [9.17, 15) is 0 Å². The molecule has 0 spiro atoms. The third kappa shape index (κ3) is 2.17. The van der Waals surface area contributed by atoms with Crippen LogP contribution in [-0.4, -0.2) is 22.0 Å². The van der Waals surface area contributed by atoms with Crippen LogP contribution in [0.4, 0.5) is 5.82 Å². The summed E-state index contributed by atoms with van der Waals surface area (Å²) < 4.78 is 0.832. The first-order valence-corrected chi connectivity index (χ1v) is 6.63. The molecule has 94 valence electrons. The SMILES string of the molecule is CNc1nc(-c2nccc3ccccc23)ncc1Br. The van der Waals surface area contributed by atoms with Gasteiger partial charge in [0.15, 0.2) is 5.82 Å². The number of benzene rings is 1. The molecular weight excluding hydrogens is 304 g/mol. The van der Waals surface area contributed by atoms with Gasteiger partial charge in [-0.25, -0.2) is 9.97 Å². The Morgan fingerprint density at radius 1 is 1.11 bits per heavy atom. The molecule has 0 saturated carbocycles. The van der Waals surface area contributed by atoms with Crippen molar-refractivity contribution in [2.45, 2.75) is 0 Å². The van der Waals surface area contributed by atoms with Gasteiger partial charge < -0.3 is 5.32 Å². The van der Waals surface area contributed by atoms with Crippen molar-refractivity contribution in [1.82, 2.24) is 15.0 Å². The summed E-state index contributed by atoms with van der Waals surface area (Å²) in [5, 5.41) is 5.21. The van der Waals surface area contributed by atoms with Crippen molar-refractivity contribution in [3.8, 4) is 11.5 Å². The summed E-state index contributed by atoms with van der Waals surface area (Å²) in [5.74, 6) is 1.36. The molecule has 3 aromatic rings. The summed E-state index contributed by atoms with van der Waals surface area (Å²) in [6.07, 6.45) is 3.51. The van der Waals surface area contributed by atoms with E-state index in [2.05, 4.69) is 42.3 Å². The number of nitrogens with one attached hydrogen (secondary N) is 1. The summed E-state index contributed by atoms with van der Waals surface area (Å²) in [7, 11) is 1.83. The summed E-state index contributed by atoms with van der Waals surface area (Å²) in [5.41, 5.74) is 0.794. The number of aromatic nitrogens is 3. The molecule has 2 aromatic heterocycles. The highest BCUT2D eigenvalue weighted by atomic mass is 79.9. The smallest absolute Gasteiger partial charge is 0.180 e. The van der Waals surface area contributed by atoms with Crippen LogP contribution in [0.25, 0.3) is 22.3 Å². The van der Waals surface area contributed by atoms with Gasteiger partial charge in [0, 0.05) is 24.8 Å². The lowest BCUT2D eigenvalue weighted by molar-refractivity contribution is 1.13. The van der Waals surface area contributed by atoms with Gasteiger partial charge in [-0.3, -0.25) is 4.98 Å². The molecule has 2 heterocycles. The topological polar surface area (TPSA) is 50.7 Å². The highest BCUT2D eigenvalue weighted by molar-refractivity contribution is 9.10. The zero-order chi connectivity index (χ0) is 13.2. The van der Waals surface area contributed by atoms with Crippen molar-refractivity contribution in [2.24, 2.45) is 0 Å². The second-order valence-corrected chi connectivity index (χ2v) is 4.88. The first-order valence-electron chi connectivity index (χ1n) is 5.84. The van der Waals surface area contributed by atoms with Gasteiger partial charge in [0.1, 0.15) is 11.5 Å². The maximum atomic E-state index is 4.48. The average molecular weight is 315 g/mol. The zero-order valence-electron chi connectivity index (χ0n) is 10.3. The van der Waals surface area contributed by atoms with Crippen LogP contribution in [0.2, 0.25) is 0 Å². The Morgan fingerprint density at radius 2 is 1.95 bits per heavy atom. The quantitative estimate of drug-likeness (QED) is 0.786. The molecule has 0 bridgehead atoms. The molecule has 0 atom stereocenters. The standard InChI is InChI=1S/C14H11BrN4/c1-16-13-11(15)8-18-14(19-13)12-10-5-3-2-4-9(10)6-7-17-12/h2-8H,1H3,(H,16,18,19).